The number of rotatable bonds is 9. The van der Waals surface area contributed by atoms with Gasteiger partial charge in [-0.3, -0.25) is 9.59 Å². The zero-order valence-electron chi connectivity index (χ0n) is 19.9. The van der Waals surface area contributed by atoms with Gasteiger partial charge in [-0.05, 0) is 44.5 Å². The number of halogens is 1. The largest absolute Gasteiger partial charge is 0.491 e. The number of fused-ring (bicyclic) bond motifs is 1. The molecule has 0 bridgehead atoms. The van der Waals surface area contributed by atoms with Gasteiger partial charge in [-0.25, -0.2) is 14.4 Å². The molecule has 3 aromatic rings. The van der Waals surface area contributed by atoms with Crippen LogP contribution in [0, 0.1) is 5.82 Å². The second-order valence-corrected chi connectivity index (χ2v) is 8.90. The Bertz CT molecular complexity index is 1230. The summed E-state index contributed by atoms with van der Waals surface area (Å²) < 4.78 is 25.3. The minimum Gasteiger partial charge on any atom is -0.491 e. The third-order valence-electron chi connectivity index (χ3n) is 5.94. The summed E-state index contributed by atoms with van der Waals surface area (Å²) in [5.74, 6) is -0.409. The van der Waals surface area contributed by atoms with E-state index in [1.54, 1.807) is 42.3 Å². The fourth-order valence-electron chi connectivity index (χ4n) is 3.88. The number of aromatic nitrogens is 2. The Morgan fingerprint density at radius 1 is 1.11 bits per heavy atom. The highest BCUT2D eigenvalue weighted by molar-refractivity contribution is 6.04. The van der Waals surface area contributed by atoms with Crippen LogP contribution in [0.3, 0.4) is 0 Å². The highest BCUT2D eigenvalue weighted by atomic mass is 19.1. The van der Waals surface area contributed by atoms with Crippen molar-refractivity contribution in [3.05, 3.63) is 48.5 Å². The van der Waals surface area contributed by atoms with Gasteiger partial charge in [0.05, 0.1) is 17.5 Å². The van der Waals surface area contributed by atoms with E-state index in [2.05, 4.69) is 20.6 Å². The van der Waals surface area contributed by atoms with E-state index < -0.39 is 5.82 Å². The number of amides is 2. The molecule has 0 atom stereocenters. The van der Waals surface area contributed by atoms with E-state index in [1.807, 2.05) is 13.8 Å². The van der Waals surface area contributed by atoms with E-state index in [0.717, 1.165) is 6.42 Å². The van der Waals surface area contributed by atoms with Gasteiger partial charge in [0.1, 0.15) is 36.7 Å². The highest BCUT2D eigenvalue weighted by Crippen LogP contribution is 2.31. The average Bonchev–Trinajstić information content (AvgIpc) is 2.79. The molecule has 2 heterocycles. The Balaban J connectivity index is 1.40. The highest BCUT2D eigenvalue weighted by Gasteiger charge is 2.39. The van der Waals surface area contributed by atoms with Crippen LogP contribution in [0.5, 0.6) is 5.75 Å². The first kappa shape index (κ1) is 24.3. The van der Waals surface area contributed by atoms with Gasteiger partial charge in [0.25, 0.3) is 0 Å². The molecule has 4 rings (SSSR count). The molecule has 0 aliphatic carbocycles. The number of carbonyl (C=O) groups excluding carboxylic acids is 2. The zero-order valence-corrected chi connectivity index (χ0v) is 19.9. The van der Waals surface area contributed by atoms with Crippen LogP contribution in [0.1, 0.15) is 26.7 Å². The Kier molecular flexibility index (Phi) is 7.11. The van der Waals surface area contributed by atoms with Crippen molar-refractivity contribution in [2.75, 3.05) is 37.5 Å². The molecule has 2 N–H and O–H groups in total. The van der Waals surface area contributed by atoms with Crippen LogP contribution in [0.15, 0.2) is 42.7 Å². The van der Waals surface area contributed by atoms with Gasteiger partial charge < -0.3 is 25.0 Å². The second kappa shape index (κ2) is 10.2. The quantitative estimate of drug-likeness (QED) is 0.353. The number of hydrogen-bond acceptors (Lipinski definition) is 7. The molecular weight excluding hydrogens is 453 g/mol. The number of likely N-dealkylation sites (tertiary alicyclic amines) is 1. The molecule has 0 saturated carbocycles. The van der Waals surface area contributed by atoms with Gasteiger partial charge in [0, 0.05) is 42.7 Å². The number of methoxy groups -OCH3 is 1. The SMILES string of the molecule is COCCOc1cc(F)c2c(Nc3ccc(NC(=O)CC(=O)N4CCC4(C)C)cc3)ncnc2c1. The summed E-state index contributed by atoms with van der Waals surface area (Å²) >= 11 is 0. The summed E-state index contributed by atoms with van der Waals surface area (Å²) in [6, 6.07) is 9.77. The minimum atomic E-state index is -0.517. The topological polar surface area (TPSA) is 106 Å². The van der Waals surface area contributed by atoms with Crippen LogP contribution in [-0.4, -0.2) is 59.1 Å². The number of nitrogens with zero attached hydrogens (tertiary/aromatic N) is 3. The van der Waals surface area contributed by atoms with Crippen LogP contribution < -0.4 is 15.4 Å². The fraction of sp³-hybridized carbons (Fsp3) is 0.360. The summed E-state index contributed by atoms with van der Waals surface area (Å²) in [4.78, 5) is 34.7. The molecule has 0 radical (unpaired) electrons. The number of carbonyl (C=O) groups is 2. The van der Waals surface area contributed by atoms with Crippen molar-refractivity contribution in [1.82, 2.24) is 14.9 Å². The summed E-state index contributed by atoms with van der Waals surface area (Å²) in [6.45, 7) is 5.34. The average molecular weight is 482 g/mol. The van der Waals surface area contributed by atoms with Crippen molar-refractivity contribution in [2.24, 2.45) is 0 Å². The molecule has 9 nitrogen and oxygen atoms in total. The standard InChI is InChI=1S/C25H28FN5O4/c1-25(2)8-9-31(25)22(33)14-21(32)29-16-4-6-17(7-5-16)30-24-23-19(26)12-18(35-11-10-34-3)13-20(23)27-15-28-24/h4-7,12-13,15H,8-11,14H2,1-3H3,(H,29,32)(H,27,28,30). The van der Waals surface area contributed by atoms with Crippen LogP contribution in [0.4, 0.5) is 21.6 Å². The van der Waals surface area contributed by atoms with Crippen molar-refractivity contribution < 1.29 is 23.5 Å². The zero-order chi connectivity index (χ0) is 25.0. The first-order valence-electron chi connectivity index (χ1n) is 11.3. The second-order valence-electron chi connectivity index (χ2n) is 8.90. The van der Waals surface area contributed by atoms with Crippen LogP contribution >= 0.6 is 0 Å². The van der Waals surface area contributed by atoms with Crippen LogP contribution in [0.2, 0.25) is 0 Å². The van der Waals surface area contributed by atoms with Crippen LogP contribution in [-0.2, 0) is 14.3 Å². The number of benzene rings is 2. The maximum absolute atomic E-state index is 14.9. The maximum Gasteiger partial charge on any atom is 0.233 e. The predicted octanol–water partition coefficient (Wildman–Crippen LogP) is 3.88. The number of hydrogen-bond donors (Lipinski definition) is 2. The molecule has 10 heteroatoms. The number of nitrogens with one attached hydrogen (secondary N) is 2. The number of anilines is 3. The maximum atomic E-state index is 14.9. The van der Waals surface area contributed by atoms with Crippen molar-refractivity contribution in [2.45, 2.75) is 32.2 Å². The predicted molar refractivity (Wildman–Crippen MR) is 130 cm³/mol. The molecule has 1 aliphatic heterocycles. The molecule has 184 valence electrons. The number of ether oxygens (including phenoxy) is 2. The monoisotopic (exact) mass is 481 g/mol. The molecule has 2 amide bonds. The molecular formula is C25H28FN5O4. The third-order valence-corrected chi connectivity index (χ3v) is 5.94. The first-order valence-corrected chi connectivity index (χ1v) is 11.3. The van der Waals surface area contributed by atoms with Crippen molar-refractivity contribution in [3.8, 4) is 5.75 Å². The lowest BCUT2D eigenvalue weighted by Crippen LogP contribution is -2.58. The molecule has 0 spiro atoms. The van der Waals surface area contributed by atoms with E-state index in [4.69, 9.17) is 9.47 Å². The Labute approximate surface area is 202 Å². The summed E-state index contributed by atoms with van der Waals surface area (Å²) in [7, 11) is 1.56. The van der Waals surface area contributed by atoms with Gasteiger partial charge in [-0.15, -0.1) is 0 Å². The van der Waals surface area contributed by atoms with Gasteiger partial charge in [-0.2, -0.15) is 0 Å². The molecule has 2 aromatic carbocycles. The van der Waals surface area contributed by atoms with Crippen molar-refractivity contribution in [1.29, 1.82) is 0 Å². The molecule has 0 unspecified atom stereocenters. The Morgan fingerprint density at radius 2 is 1.86 bits per heavy atom. The molecule has 1 aliphatic rings. The van der Waals surface area contributed by atoms with Gasteiger partial charge in [0.15, 0.2) is 0 Å². The lowest BCUT2D eigenvalue weighted by atomic mass is 9.88. The summed E-state index contributed by atoms with van der Waals surface area (Å²) in [5, 5.41) is 6.06. The Hall–Kier alpha value is -3.79. The van der Waals surface area contributed by atoms with E-state index >= 15 is 0 Å². The lowest BCUT2D eigenvalue weighted by Gasteiger charge is -2.48. The summed E-state index contributed by atoms with van der Waals surface area (Å²) in [5.41, 5.74) is 1.40. The van der Waals surface area contributed by atoms with E-state index in [1.165, 1.54) is 12.4 Å². The molecule has 1 fully saturated rings. The van der Waals surface area contributed by atoms with Gasteiger partial charge in [-0.1, -0.05) is 0 Å². The normalized spacial score (nSPS) is 14.3. The van der Waals surface area contributed by atoms with E-state index in [0.29, 0.717) is 48.2 Å². The molecule has 1 saturated heterocycles. The van der Waals surface area contributed by atoms with E-state index in [9.17, 15) is 14.0 Å². The minimum absolute atomic E-state index is 0.179. The van der Waals surface area contributed by atoms with Crippen LogP contribution in [0.25, 0.3) is 10.9 Å². The lowest BCUT2D eigenvalue weighted by molar-refractivity contribution is -0.146. The molecule has 1 aromatic heterocycles. The van der Waals surface area contributed by atoms with Gasteiger partial charge in [0.2, 0.25) is 11.8 Å². The summed E-state index contributed by atoms with van der Waals surface area (Å²) in [6.07, 6.45) is 2.07. The fourth-order valence-corrected chi connectivity index (χ4v) is 3.88. The molecule has 35 heavy (non-hydrogen) atoms. The van der Waals surface area contributed by atoms with Crippen molar-refractivity contribution >= 4 is 39.9 Å². The Morgan fingerprint density at radius 3 is 2.51 bits per heavy atom. The van der Waals surface area contributed by atoms with Gasteiger partial charge >= 0.3 is 0 Å². The third kappa shape index (κ3) is 5.65. The van der Waals surface area contributed by atoms with E-state index in [-0.39, 0.29) is 29.2 Å². The smallest absolute Gasteiger partial charge is 0.233 e. The first-order chi connectivity index (χ1) is 16.8. The van der Waals surface area contributed by atoms with Crippen molar-refractivity contribution in [3.63, 3.8) is 0 Å².